The van der Waals surface area contributed by atoms with Crippen LogP contribution >= 0.6 is 43.2 Å². The maximum Gasteiger partial charge on any atom is 0.192 e. The van der Waals surface area contributed by atoms with E-state index >= 15 is 0 Å². The van der Waals surface area contributed by atoms with Crippen molar-refractivity contribution in [3.63, 3.8) is 0 Å². The molecule has 0 radical (unpaired) electrons. The van der Waals surface area contributed by atoms with Gasteiger partial charge in [0, 0.05) is 5.38 Å². The van der Waals surface area contributed by atoms with Gasteiger partial charge in [-0.1, -0.05) is 21.1 Å². The highest BCUT2D eigenvalue weighted by molar-refractivity contribution is 9.10. The lowest BCUT2D eigenvalue weighted by atomic mass is 10.4. The van der Waals surface area contributed by atoms with Crippen molar-refractivity contribution in [2.24, 2.45) is 0 Å². The van der Waals surface area contributed by atoms with Gasteiger partial charge in [-0.05, 0) is 15.9 Å². The van der Waals surface area contributed by atoms with E-state index in [0.29, 0.717) is 0 Å². The van der Waals surface area contributed by atoms with Gasteiger partial charge in [-0.15, -0.1) is 11.3 Å². The van der Waals surface area contributed by atoms with Gasteiger partial charge in [0.2, 0.25) is 0 Å². The van der Waals surface area contributed by atoms with Gasteiger partial charge < -0.3 is 4.52 Å². The summed E-state index contributed by atoms with van der Waals surface area (Å²) in [7, 11) is 0. The van der Waals surface area contributed by atoms with Crippen LogP contribution in [0.3, 0.4) is 0 Å². The Balaban J connectivity index is 2.77. The Labute approximate surface area is 83.8 Å². The molecule has 0 N–H and O–H groups in total. The molecular formula is C6H3Br2NOS. The van der Waals surface area contributed by atoms with E-state index in [-0.39, 0.29) is 0 Å². The standard InChI is InChI=1S/C6H3Br2NOS/c7-1-4-6-5(10-9-4)3(8)2-11-6/h2H,1H2. The number of halogens is 2. The number of hydrogen-bond donors (Lipinski definition) is 0. The van der Waals surface area contributed by atoms with E-state index in [4.69, 9.17) is 4.52 Å². The summed E-state index contributed by atoms with van der Waals surface area (Å²) in [6.45, 7) is 0. The van der Waals surface area contributed by atoms with Crippen molar-refractivity contribution < 1.29 is 4.52 Å². The molecule has 0 spiro atoms. The summed E-state index contributed by atoms with van der Waals surface area (Å²) in [6.07, 6.45) is 0. The lowest BCUT2D eigenvalue weighted by molar-refractivity contribution is 0.449. The second-order valence-electron chi connectivity index (χ2n) is 2.00. The summed E-state index contributed by atoms with van der Waals surface area (Å²) in [5.41, 5.74) is 1.82. The molecule has 0 unspecified atom stereocenters. The van der Waals surface area contributed by atoms with Gasteiger partial charge in [-0.2, -0.15) is 0 Å². The first-order valence-corrected chi connectivity index (χ1v) is 5.69. The van der Waals surface area contributed by atoms with Crippen LogP contribution in [0.25, 0.3) is 10.3 Å². The van der Waals surface area contributed by atoms with Crippen LogP contribution in [0.4, 0.5) is 0 Å². The fourth-order valence-corrected chi connectivity index (χ4v) is 2.92. The van der Waals surface area contributed by atoms with Crippen LogP contribution in [0.2, 0.25) is 0 Å². The molecule has 11 heavy (non-hydrogen) atoms. The highest BCUT2D eigenvalue weighted by atomic mass is 79.9. The van der Waals surface area contributed by atoms with Crippen LogP contribution in [0.1, 0.15) is 5.69 Å². The van der Waals surface area contributed by atoms with Crippen LogP contribution in [-0.4, -0.2) is 5.16 Å². The largest absolute Gasteiger partial charge is 0.354 e. The zero-order valence-corrected chi connectivity index (χ0v) is 9.29. The third-order valence-electron chi connectivity index (χ3n) is 1.34. The molecule has 58 valence electrons. The summed E-state index contributed by atoms with van der Waals surface area (Å²) in [4.78, 5) is 0. The Kier molecular flexibility index (Phi) is 2.03. The highest BCUT2D eigenvalue weighted by Gasteiger charge is 2.11. The van der Waals surface area contributed by atoms with E-state index < -0.39 is 0 Å². The predicted octanol–water partition coefficient (Wildman–Crippen LogP) is 3.55. The molecule has 2 rings (SSSR count). The van der Waals surface area contributed by atoms with E-state index in [0.717, 1.165) is 25.8 Å². The quantitative estimate of drug-likeness (QED) is 0.752. The second kappa shape index (κ2) is 2.88. The fourth-order valence-electron chi connectivity index (χ4n) is 0.838. The molecule has 0 aliphatic carbocycles. The third-order valence-corrected chi connectivity index (χ3v) is 3.77. The molecule has 0 aliphatic heterocycles. The topological polar surface area (TPSA) is 26.0 Å². The van der Waals surface area contributed by atoms with E-state index in [1.165, 1.54) is 0 Å². The second-order valence-corrected chi connectivity index (χ2v) is 4.30. The van der Waals surface area contributed by atoms with E-state index in [2.05, 4.69) is 37.0 Å². The van der Waals surface area contributed by atoms with Crippen molar-refractivity contribution >= 4 is 53.5 Å². The summed E-state index contributed by atoms with van der Waals surface area (Å²) in [6, 6.07) is 0. The number of nitrogens with zero attached hydrogens (tertiary/aromatic N) is 1. The monoisotopic (exact) mass is 295 g/mol. The molecule has 0 fully saturated rings. The van der Waals surface area contributed by atoms with Gasteiger partial charge in [0.1, 0.15) is 5.69 Å². The summed E-state index contributed by atoms with van der Waals surface area (Å²) < 4.78 is 7.20. The number of thiophene rings is 1. The third kappa shape index (κ3) is 1.15. The van der Waals surface area contributed by atoms with Crippen LogP contribution in [-0.2, 0) is 5.33 Å². The minimum Gasteiger partial charge on any atom is -0.354 e. The summed E-state index contributed by atoms with van der Waals surface area (Å²) in [5.74, 6) is 0. The molecule has 2 heterocycles. The lowest BCUT2D eigenvalue weighted by Gasteiger charge is -1.78. The Morgan fingerprint density at radius 3 is 3.18 bits per heavy atom. The molecule has 0 atom stereocenters. The zero-order chi connectivity index (χ0) is 7.84. The minimum atomic E-state index is 0.743. The molecule has 2 aromatic rings. The molecule has 0 bridgehead atoms. The highest BCUT2D eigenvalue weighted by Crippen LogP contribution is 2.33. The molecular weight excluding hydrogens is 294 g/mol. The van der Waals surface area contributed by atoms with Crippen LogP contribution in [0.5, 0.6) is 0 Å². The average Bonchev–Trinajstić information content (AvgIpc) is 2.53. The maximum atomic E-state index is 5.09. The van der Waals surface area contributed by atoms with Gasteiger partial charge in [-0.3, -0.25) is 0 Å². The number of fused-ring (bicyclic) bond motifs is 1. The van der Waals surface area contributed by atoms with Crippen molar-refractivity contribution in [3.05, 3.63) is 15.5 Å². The first-order chi connectivity index (χ1) is 5.33. The average molecular weight is 297 g/mol. The van der Waals surface area contributed by atoms with Gasteiger partial charge in [-0.25, -0.2) is 0 Å². The lowest BCUT2D eigenvalue weighted by Crippen LogP contribution is -1.71. The molecule has 2 nitrogen and oxygen atoms in total. The Hall–Kier alpha value is 0.130. The van der Waals surface area contributed by atoms with Crippen LogP contribution in [0.15, 0.2) is 14.4 Å². The first kappa shape index (κ1) is 7.76. The number of alkyl halides is 1. The van der Waals surface area contributed by atoms with Crippen molar-refractivity contribution in [2.45, 2.75) is 5.33 Å². The van der Waals surface area contributed by atoms with Crippen molar-refractivity contribution in [2.75, 3.05) is 0 Å². The number of rotatable bonds is 1. The van der Waals surface area contributed by atoms with Crippen molar-refractivity contribution in [1.29, 1.82) is 0 Å². The molecule has 0 aromatic carbocycles. The molecule has 0 saturated heterocycles. The summed E-state index contributed by atoms with van der Waals surface area (Å²) >= 11 is 8.35. The fraction of sp³-hybridized carbons (Fsp3) is 0.167. The van der Waals surface area contributed by atoms with Gasteiger partial charge >= 0.3 is 0 Å². The molecule has 5 heteroatoms. The van der Waals surface area contributed by atoms with E-state index in [1.54, 1.807) is 11.3 Å². The van der Waals surface area contributed by atoms with Crippen molar-refractivity contribution in [3.8, 4) is 0 Å². The van der Waals surface area contributed by atoms with Gasteiger partial charge in [0.05, 0.1) is 14.5 Å². The SMILES string of the molecule is BrCc1noc2c(Br)csc12. The first-order valence-electron chi connectivity index (χ1n) is 2.90. The van der Waals surface area contributed by atoms with E-state index in [9.17, 15) is 0 Å². The smallest absolute Gasteiger partial charge is 0.192 e. The molecule has 0 saturated carbocycles. The molecule has 0 aliphatic rings. The Morgan fingerprint density at radius 2 is 2.45 bits per heavy atom. The van der Waals surface area contributed by atoms with Crippen LogP contribution in [0, 0.1) is 0 Å². The zero-order valence-electron chi connectivity index (χ0n) is 5.30. The summed E-state index contributed by atoms with van der Waals surface area (Å²) in [5, 5.41) is 6.64. The maximum absolute atomic E-state index is 5.09. The Bertz CT molecular complexity index is 381. The molecule has 2 aromatic heterocycles. The number of aromatic nitrogens is 1. The van der Waals surface area contributed by atoms with Gasteiger partial charge in [0.25, 0.3) is 0 Å². The van der Waals surface area contributed by atoms with Crippen molar-refractivity contribution in [1.82, 2.24) is 5.16 Å². The Morgan fingerprint density at radius 1 is 1.64 bits per heavy atom. The number of hydrogen-bond acceptors (Lipinski definition) is 3. The molecule has 0 amide bonds. The van der Waals surface area contributed by atoms with E-state index in [1.807, 2.05) is 5.38 Å². The predicted molar refractivity (Wildman–Crippen MR) is 52.2 cm³/mol. The van der Waals surface area contributed by atoms with Crippen LogP contribution < -0.4 is 0 Å². The van der Waals surface area contributed by atoms with Gasteiger partial charge in [0.15, 0.2) is 5.58 Å². The normalized spacial score (nSPS) is 11.1. The minimum absolute atomic E-state index is 0.743.